The van der Waals surface area contributed by atoms with E-state index in [-0.39, 0.29) is 5.54 Å². The number of nitrogens with two attached hydrogens (primary N) is 4. The molecule has 0 rings (SSSR count). The molecule has 0 aliphatic carbocycles. The van der Waals surface area contributed by atoms with Crippen LogP contribution in [0.2, 0.25) is 0 Å². The third-order valence-electron chi connectivity index (χ3n) is 4.84. The van der Waals surface area contributed by atoms with Gasteiger partial charge in [-0.05, 0) is 105 Å². The van der Waals surface area contributed by atoms with Crippen molar-refractivity contribution < 1.29 is 0 Å². The van der Waals surface area contributed by atoms with Gasteiger partial charge < -0.3 is 27.8 Å². The highest BCUT2D eigenvalue weighted by Gasteiger charge is 2.29. The van der Waals surface area contributed by atoms with Gasteiger partial charge in [0, 0.05) is 11.6 Å². The molecule has 8 N–H and O–H groups in total. The van der Waals surface area contributed by atoms with E-state index < -0.39 is 0 Å². The number of rotatable bonds is 16. The Balaban J connectivity index is 4.80. The zero-order chi connectivity index (χ0) is 18.4. The maximum atomic E-state index is 5.72. The predicted octanol–water partition coefficient (Wildman–Crippen LogP) is 0.543. The highest BCUT2D eigenvalue weighted by molar-refractivity contribution is 4.86. The first kappa shape index (κ1) is 23.8. The number of nitrogens with zero attached hydrogens (tertiary/aromatic N) is 2. The van der Waals surface area contributed by atoms with Gasteiger partial charge in [-0.3, -0.25) is 4.90 Å². The van der Waals surface area contributed by atoms with E-state index in [0.717, 1.165) is 84.5 Å². The average molecular weight is 345 g/mol. The second-order valence-corrected chi connectivity index (χ2v) is 7.46. The van der Waals surface area contributed by atoms with Crippen molar-refractivity contribution in [1.29, 1.82) is 0 Å². The Morgan fingerprint density at radius 2 is 1.08 bits per heavy atom. The maximum absolute atomic E-state index is 5.72. The lowest BCUT2D eigenvalue weighted by molar-refractivity contribution is 0.0712. The first-order valence-corrected chi connectivity index (χ1v) is 9.72. The van der Waals surface area contributed by atoms with Crippen LogP contribution >= 0.6 is 0 Å². The van der Waals surface area contributed by atoms with Gasteiger partial charge in [-0.25, -0.2) is 0 Å². The van der Waals surface area contributed by atoms with Crippen molar-refractivity contribution in [2.24, 2.45) is 22.9 Å². The fraction of sp³-hybridized carbons (Fsp3) is 1.00. The predicted molar refractivity (Wildman–Crippen MR) is 106 cm³/mol. The summed E-state index contributed by atoms with van der Waals surface area (Å²) in [6.07, 6.45) is 5.27. The largest absolute Gasteiger partial charge is 0.330 e. The summed E-state index contributed by atoms with van der Waals surface area (Å²) in [6.45, 7) is 14.2. The van der Waals surface area contributed by atoms with Gasteiger partial charge in [0.05, 0.1) is 0 Å². The fourth-order valence-electron chi connectivity index (χ4n) is 3.40. The molecule has 0 aromatic rings. The minimum absolute atomic E-state index is 0.132. The number of hydrogen-bond donors (Lipinski definition) is 4. The Morgan fingerprint density at radius 3 is 1.46 bits per heavy atom. The molecule has 6 nitrogen and oxygen atoms in total. The third-order valence-corrected chi connectivity index (χ3v) is 4.84. The molecule has 0 saturated heterocycles. The van der Waals surface area contributed by atoms with E-state index in [1.807, 2.05) is 0 Å². The van der Waals surface area contributed by atoms with Crippen LogP contribution in [0.3, 0.4) is 0 Å². The summed E-state index contributed by atoms with van der Waals surface area (Å²) in [4.78, 5) is 5.11. The van der Waals surface area contributed by atoms with Crippen LogP contribution in [0, 0.1) is 0 Å². The molecule has 0 heterocycles. The Labute approximate surface area is 150 Å². The van der Waals surface area contributed by atoms with Crippen LogP contribution in [0.15, 0.2) is 0 Å². The Bertz CT molecular complexity index is 269. The van der Waals surface area contributed by atoms with Crippen LogP contribution in [-0.2, 0) is 0 Å². The van der Waals surface area contributed by atoms with Gasteiger partial charge in [-0.15, -0.1) is 0 Å². The van der Waals surface area contributed by atoms with E-state index in [0.29, 0.717) is 6.04 Å². The van der Waals surface area contributed by atoms with Crippen molar-refractivity contribution in [2.45, 2.75) is 64.5 Å². The standard InChI is InChI=1S/C18H44N6/c1-17(23(12-4-8-19)13-5-9-20)16-18(2,3)24(14-6-10-21)15-7-11-22/h17H,4-16,19-22H2,1-3H3. The van der Waals surface area contributed by atoms with Gasteiger partial charge in [-0.2, -0.15) is 0 Å². The maximum Gasteiger partial charge on any atom is 0.0168 e. The molecule has 0 aliphatic heterocycles. The first-order chi connectivity index (χ1) is 11.4. The van der Waals surface area contributed by atoms with E-state index in [1.54, 1.807) is 0 Å². The van der Waals surface area contributed by atoms with Crippen molar-refractivity contribution in [1.82, 2.24) is 9.80 Å². The van der Waals surface area contributed by atoms with Crippen LogP contribution in [0.1, 0.15) is 52.9 Å². The molecule has 6 heteroatoms. The van der Waals surface area contributed by atoms with Crippen LogP contribution in [0.5, 0.6) is 0 Å². The molecule has 1 atom stereocenters. The second kappa shape index (κ2) is 14.0. The lowest BCUT2D eigenvalue weighted by Crippen LogP contribution is -2.50. The van der Waals surface area contributed by atoms with Crippen molar-refractivity contribution >= 4 is 0 Å². The molecule has 0 saturated carbocycles. The van der Waals surface area contributed by atoms with Crippen molar-refractivity contribution in [3.8, 4) is 0 Å². The first-order valence-electron chi connectivity index (χ1n) is 9.72. The monoisotopic (exact) mass is 344 g/mol. The second-order valence-electron chi connectivity index (χ2n) is 7.46. The highest BCUT2D eigenvalue weighted by Crippen LogP contribution is 2.24. The minimum Gasteiger partial charge on any atom is -0.330 e. The minimum atomic E-state index is 0.132. The lowest BCUT2D eigenvalue weighted by atomic mass is 9.92. The topological polar surface area (TPSA) is 111 Å². The third kappa shape index (κ3) is 9.91. The summed E-state index contributed by atoms with van der Waals surface area (Å²) in [5.41, 5.74) is 23.0. The smallest absolute Gasteiger partial charge is 0.0168 e. The van der Waals surface area contributed by atoms with Gasteiger partial charge in [0.25, 0.3) is 0 Å². The van der Waals surface area contributed by atoms with Crippen molar-refractivity contribution in [3.05, 3.63) is 0 Å². The van der Waals surface area contributed by atoms with Crippen LogP contribution in [-0.4, -0.2) is 73.7 Å². The Morgan fingerprint density at radius 1 is 0.708 bits per heavy atom. The molecule has 24 heavy (non-hydrogen) atoms. The summed E-state index contributed by atoms with van der Waals surface area (Å²) in [5.74, 6) is 0. The van der Waals surface area contributed by atoms with E-state index >= 15 is 0 Å². The van der Waals surface area contributed by atoms with Crippen LogP contribution in [0.4, 0.5) is 0 Å². The molecular weight excluding hydrogens is 300 g/mol. The molecular formula is C18H44N6. The van der Waals surface area contributed by atoms with Crippen molar-refractivity contribution in [3.63, 3.8) is 0 Å². The molecule has 0 spiro atoms. The molecule has 0 aromatic carbocycles. The van der Waals surface area contributed by atoms with E-state index in [2.05, 4.69) is 30.6 Å². The molecule has 1 unspecified atom stereocenters. The van der Waals surface area contributed by atoms with Gasteiger partial charge in [0.15, 0.2) is 0 Å². The summed E-state index contributed by atoms with van der Waals surface area (Å²) >= 11 is 0. The average Bonchev–Trinajstić information content (AvgIpc) is 2.54. The number of hydrogen-bond acceptors (Lipinski definition) is 6. The quantitative estimate of drug-likeness (QED) is 0.325. The SMILES string of the molecule is CC(CC(C)(C)N(CCCN)CCCN)N(CCCN)CCCN. The zero-order valence-electron chi connectivity index (χ0n) is 16.5. The Kier molecular flexibility index (Phi) is 13.8. The summed E-state index contributed by atoms with van der Waals surface area (Å²) < 4.78 is 0. The van der Waals surface area contributed by atoms with Gasteiger partial charge in [-0.1, -0.05) is 0 Å². The van der Waals surface area contributed by atoms with Gasteiger partial charge >= 0.3 is 0 Å². The molecule has 0 amide bonds. The molecule has 0 aliphatic rings. The molecule has 0 radical (unpaired) electrons. The normalized spacial score (nSPS) is 13.9. The van der Waals surface area contributed by atoms with Crippen LogP contribution in [0.25, 0.3) is 0 Å². The van der Waals surface area contributed by atoms with Gasteiger partial charge in [0.1, 0.15) is 0 Å². The Hall–Kier alpha value is -0.240. The van der Waals surface area contributed by atoms with E-state index in [9.17, 15) is 0 Å². The van der Waals surface area contributed by atoms with E-state index in [4.69, 9.17) is 22.9 Å². The molecule has 0 bridgehead atoms. The van der Waals surface area contributed by atoms with E-state index in [1.165, 1.54) is 0 Å². The summed E-state index contributed by atoms with van der Waals surface area (Å²) in [6, 6.07) is 0.511. The summed E-state index contributed by atoms with van der Waals surface area (Å²) in [5, 5.41) is 0. The summed E-state index contributed by atoms with van der Waals surface area (Å²) in [7, 11) is 0. The molecule has 0 fully saturated rings. The van der Waals surface area contributed by atoms with Crippen LogP contribution < -0.4 is 22.9 Å². The highest BCUT2D eigenvalue weighted by atomic mass is 15.2. The molecule has 146 valence electrons. The molecule has 0 aromatic heterocycles. The lowest BCUT2D eigenvalue weighted by Gasteiger charge is -2.43. The van der Waals surface area contributed by atoms with Gasteiger partial charge in [0.2, 0.25) is 0 Å². The fourth-order valence-corrected chi connectivity index (χ4v) is 3.40. The van der Waals surface area contributed by atoms with Crippen molar-refractivity contribution in [2.75, 3.05) is 52.4 Å². The zero-order valence-corrected chi connectivity index (χ0v) is 16.5.